The molecule has 2 aliphatic heterocycles. The topological polar surface area (TPSA) is 125 Å². The first-order valence-corrected chi connectivity index (χ1v) is 13.1. The minimum atomic E-state index is -0.639. The lowest BCUT2D eigenvalue weighted by Crippen LogP contribution is -2.49. The first kappa shape index (κ1) is 26.6. The Hall–Kier alpha value is -3.43. The molecule has 0 spiro atoms. The quantitative estimate of drug-likeness (QED) is 0.585. The number of carbonyl (C=O) groups is 5. The number of fused-ring (bicyclic) bond motifs is 1. The van der Waals surface area contributed by atoms with Gasteiger partial charge in [0.15, 0.2) is 0 Å². The lowest BCUT2D eigenvalue weighted by molar-refractivity contribution is -0.131. The van der Waals surface area contributed by atoms with Crippen molar-refractivity contribution in [2.45, 2.75) is 83.4 Å². The zero-order valence-electron chi connectivity index (χ0n) is 21.8. The first-order valence-electron chi connectivity index (χ1n) is 13.1. The number of hydrogen-bond acceptors (Lipinski definition) is 6. The molecule has 1 aliphatic carbocycles. The van der Waals surface area contributed by atoms with Gasteiger partial charge in [-0.15, -0.1) is 0 Å². The number of likely N-dealkylation sites (tertiary alicyclic amines) is 1. The highest BCUT2D eigenvalue weighted by atomic mass is 16.6. The average Bonchev–Trinajstić information content (AvgIpc) is 3.11. The van der Waals surface area contributed by atoms with Crippen molar-refractivity contribution in [1.82, 2.24) is 20.4 Å². The third kappa shape index (κ3) is 6.29. The van der Waals surface area contributed by atoms with Crippen molar-refractivity contribution >= 4 is 29.7 Å². The van der Waals surface area contributed by atoms with E-state index in [0.717, 1.165) is 32.1 Å². The summed E-state index contributed by atoms with van der Waals surface area (Å²) >= 11 is 0. The molecule has 10 nitrogen and oxygen atoms in total. The largest absolute Gasteiger partial charge is 0.444 e. The van der Waals surface area contributed by atoms with Gasteiger partial charge < -0.3 is 20.3 Å². The van der Waals surface area contributed by atoms with Crippen LogP contribution in [0, 0.1) is 0 Å². The summed E-state index contributed by atoms with van der Waals surface area (Å²) in [5, 5.41) is 5.46. The molecule has 0 aromatic heterocycles. The van der Waals surface area contributed by atoms with Gasteiger partial charge in [0.05, 0.1) is 11.1 Å². The number of imide groups is 1. The molecule has 0 bridgehead atoms. The number of rotatable bonds is 5. The summed E-state index contributed by atoms with van der Waals surface area (Å²) in [5.74, 6) is -1.10. The maximum absolute atomic E-state index is 13.0. The molecule has 1 saturated carbocycles. The number of piperidine rings is 1. The Labute approximate surface area is 217 Å². The second-order valence-electron chi connectivity index (χ2n) is 11.0. The highest BCUT2D eigenvalue weighted by Crippen LogP contribution is 2.31. The molecule has 1 aromatic rings. The lowest BCUT2D eigenvalue weighted by Gasteiger charge is -2.32. The number of benzene rings is 1. The van der Waals surface area contributed by atoms with Crippen molar-refractivity contribution in [3.63, 3.8) is 0 Å². The summed E-state index contributed by atoms with van der Waals surface area (Å²) in [6, 6.07) is 4.50. The predicted octanol–water partition coefficient (Wildman–Crippen LogP) is 2.86. The zero-order chi connectivity index (χ0) is 26.7. The minimum Gasteiger partial charge on any atom is -0.444 e. The number of alkyl carbamates (subject to hydrolysis) is 1. The number of amides is 5. The van der Waals surface area contributed by atoms with Gasteiger partial charge >= 0.3 is 6.09 Å². The van der Waals surface area contributed by atoms with E-state index in [1.165, 1.54) is 11.0 Å². The maximum Gasteiger partial charge on any atom is 0.408 e. The van der Waals surface area contributed by atoms with Crippen molar-refractivity contribution in [3.05, 3.63) is 34.9 Å². The zero-order valence-corrected chi connectivity index (χ0v) is 21.8. The summed E-state index contributed by atoms with van der Waals surface area (Å²) in [6.07, 6.45) is 5.31. The van der Waals surface area contributed by atoms with Gasteiger partial charge in [0, 0.05) is 30.7 Å². The van der Waals surface area contributed by atoms with E-state index in [1.807, 2.05) is 0 Å². The summed E-state index contributed by atoms with van der Waals surface area (Å²) in [5.41, 5.74) is 0.352. The van der Waals surface area contributed by atoms with E-state index in [0.29, 0.717) is 42.6 Å². The minimum absolute atomic E-state index is 0.0642. The Balaban J connectivity index is 1.28. The third-order valence-corrected chi connectivity index (χ3v) is 7.09. The third-order valence-electron chi connectivity index (χ3n) is 7.09. The summed E-state index contributed by atoms with van der Waals surface area (Å²) < 4.78 is 5.14. The Morgan fingerprint density at radius 2 is 1.59 bits per heavy atom. The number of carbonyl (C=O) groups excluding carboxylic acids is 5. The van der Waals surface area contributed by atoms with Crippen molar-refractivity contribution in [1.29, 1.82) is 0 Å². The number of nitrogens with zero attached hydrogens (tertiary/aromatic N) is 2. The molecule has 2 heterocycles. The Bertz CT molecular complexity index is 1080. The monoisotopic (exact) mass is 512 g/mol. The van der Waals surface area contributed by atoms with E-state index in [1.54, 1.807) is 37.8 Å². The van der Waals surface area contributed by atoms with Crippen LogP contribution in [0.1, 0.15) is 96.8 Å². The fourth-order valence-electron chi connectivity index (χ4n) is 5.19. The van der Waals surface area contributed by atoms with Crippen LogP contribution in [0.3, 0.4) is 0 Å². The van der Waals surface area contributed by atoms with Gasteiger partial charge in [-0.25, -0.2) is 4.79 Å². The van der Waals surface area contributed by atoms with Gasteiger partial charge in [-0.05, 0) is 64.7 Å². The van der Waals surface area contributed by atoms with Crippen LogP contribution in [0.15, 0.2) is 18.2 Å². The van der Waals surface area contributed by atoms with Crippen LogP contribution >= 0.6 is 0 Å². The number of hydrogen-bond donors (Lipinski definition) is 2. The van der Waals surface area contributed by atoms with E-state index in [-0.39, 0.29) is 42.3 Å². The standard InChI is InChI=1S/C27H36N4O6/c1-27(2,3)37-26(36)28-16-22(32)30-13-11-18(12-14-30)29-23(33)17-9-10-20-21(15-17)25(35)31(24(20)34)19-7-5-4-6-8-19/h9-10,15,18-19H,4-8,11-14,16H2,1-3H3,(H,28,36)(H,29,33). The average molecular weight is 513 g/mol. The second kappa shape index (κ2) is 10.9. The van der Waals surface area contributed by atoms with Crippen molar-refractivity contribution in [3.8, 4) is 0 Å². The molecule has 1 saturated heterocycles. The van der Waals surface area contributed by atoms with Crippen LogP contribution < -0.4 is 10.6 Å². The van der Waals surface area contributed by atoms with Gasteiger partial charge in [0.1, 0.15) is 12.1 Å². The molecule has 2 N–H and O–H groups in total. The molecular formula is C27H36N4O6. The lowest BCUT2D eigenvalue weighted by atomic mass is 9.94. The molecule has 4 rings (SSSR count). The fraction of sp³-hybridized carbons (Fsp3) is 0.593. The summed E-state index contributed by atoms with van der Waals surface area (Å²) in [7, 11) is 0. The Morgan fingerprint density at radius 1 is 0.946 bits per heavy atom. The number of nitrogens with one attached hydrogen (secondary N) is 2. The van der Waals surface area contributed by atoms with Crippen molar-refractivity contribution in [2.75, 3.05) is 19.6 Å². The molecular weight excluding hydrogens is 476 g/mol. The Morgan fingerprint density at radius 3 is 2.24 bits per heavy atom. The molecule has 0 atom stereocenters. The summed E-state index contributed by atoms with van der Waals surface area (Å²) in [4.78, 5) is 66.1. The fourth-order valence-corrected chi connectivity index (χ4v) is 5.19. The molecule has 0 radical (unpaired) electrons. The molecule has 0 unspecified atom stereocenters. The van der Waals surface area contributed by atoms with Crippen LogP contribution in [-0.4, -0.2) is 76.8 Å². The highest BCUT2D eigenvalue weighted by Gasteiger charge is 2.40. The maximum atomic E-state index is 13.0. The van der Waals surface area contributed by atoms with Crippen molar-refractivity contribution in [2.24, 2.45) is 0 Å². The molecule has 2 fully saturated rings. The van der Waals surface area contributed by atoms with Crippen molar-refractivity contribution < 1.29 is 28.7 Å². The molecule has 3 aliphatic rings. The predicted molar refractivity (Wildman–Crippen MR) is 135 cm³/mol. The number of ether oxygens (including phenoxy) is 1. The smallest absolute Gasteiger partial charge is 0.408 e. The second-order valence-corrected chi connectivity index (χ2v) is 11.0. The van der Waals surface area contributed by atoms with Crippen LogP contribution in [0.2, 0.25) is 0 Å². The van der Waals surface area contributed by atoms with Gasteiger partial charge in [-0.2, -0.15) is 0 Å². The van der Waals surface area contributed by atoms with E-state index in [2.05, 4.69) is 10.6 Å². The van der Waals surface area contributed by atoms with E-state index in [4.69, 9.17) is 4.74 Å². The first-order chi connectivity index (χ1) is 17.5. The van der Waals surface area contributed by atoms with E-state index >= 15 is 0 Å². The highest BCUT2D eigenvalue weighted by molar-refractivity contribution is 6.22. The van der Waals surface area contributed by atoms with Gasteiger partial charge in [0.2, 0.25) is 5.91 Å². The Kier molecular flexibility index (Phi) is 7.85. The molecule has 5 amide bonds. The molecule has 200 valence electrons. The van der Waals surface area contributed by atoms with E-state index in [9.17, 15) is 24.0 Å². The van der Waals surface area contributed by atoms with Crippen LogP contribution in [0.4, 0.5) is 4.79 Å². The van der Waals surface area contributed by atoms with Gasteiger partial charge in [-0.1, -0.05) is 19.3 Å². The van der Waals surface area contributed by atoms with Crippen LogP contribution in [-0.2, 0) is 9.53 Å². The van der Waals surface area contributed by atoms with E-state index < -0.39 is 11.7 Å². The van der Waals surface area contributed by atoms with Gasteiger partial charge in [0.25, 0.3) is 17.7 Å². The summed E-state index contributed by atoms with van der Waals surface area (Å²) in [6.45, 7) is 6.01. The molecule has 10 heteroatoms. The molecule has 37 heavy (non-hydrogen) atoms. The molecule has 1 aromatic carbocycles. The van der Waals surface area contributed by atoms with Gasteiger partial charge in [-0.3, -0.25) is 24.1 Å². The normalized spacial score (nSPS) is 19.0. The van der Waals surface area contributed by atoms with Crippen LogP contribution in [0.5, 0.6) is 0 Å². The SMILES string of the molecule is CC(C)(C)OC(=O)NCC(=O)N1CCC(NC(=O)c2ccc3c(c2)C(=O)N(C2CCCCC2)C3=O)CC1. The van der Waals surface area contributed by atoms with Crippen LogP contribution in [0.25, 0.3) is 0 Å².